The minimum atomic E-state index is -0.737. The number of carbonyl (C=O) groups is 2. The van der Waals surface area contributed by atoms with E-state index in [1.807, 2.05) is 30.3 Å². The number of benzene rings is 3. The van der Waals surface area contributed by atoms with E-state index in [1.165, 1.54) is 24.3 Å². The van der Waals surface area contributed by atoms with Crippen LogP contribution in [-0.2, 0) is 9.53 Å². The third kappa shape index (κ3) is 5.26. The lowest BCUT2D eigenvalue weighted by atomic mass is 9.82. The summed E-state index contributed by atoms with van der Waals surface area (Å²) < 4.78 is 20.1. The first-order valence-corrected chi connectivity index (χ1v) is 12.4. The van der Waals surface area contributed by atoms with Crippen molar-refractivity contribution < 1.29 is 28.3 Å². The van der Waals surface area contributed by atoms with E-state index in [4.69, 9.17) is 4.74 Å². The highest BCUT2D eigenvalue weighted by Gasteiger charge is 2.49. The van der Waals surface area contributed by atoms with Gasteiger partial charge in [0.1, 0.15) is 24.7 Å². The lowest BCUT2D eigenvalue weighted by Crippen LogP contribution is -2.65. The lowest BCUT2D eigenvalue weighted by molar-refractivity contribution is -0.938. The number of rotatable bonds is 8. The Morgan fingerprint density at radius 2 is 1.64 bits per heavy atom. The number of esters is 1. The zero-order valence-corrected chi connectivity index (χ0v) is 20.0. The molecule has 2 atom stereocenters. The number of nitrogens with zero attached hydrogens (tertiary/aromatic N) is 1. The van der Waals surface area contributed by atoms with Crippen molar-refractivity contribution in [2.75, 3.05) is 31.5 Å². The van der Waals surface area contributed by atoms with Crippen molar-refractivity contribution in [2.24, 2.45) is 5.92 Å². The minimum Gasteiger partial charge on any atom is -0.508 e. The van der Waals surface area contributed by atoms with Gasteiger partial charge >= 0.3 is 5.97 Å². The van der Waals surface area contributed by atoms with Crippen LogP contribution in [0.5, 0.6) is 5.75 Å². The number of phenols is 1. The van der Waals surface area contributed by atoms with Crippen molar-refractivity contribution in [1.29, 1.82) is 0 Å². The van der Waals surface area contributed by atoms with Gasteiger partial charge in [0.05, 0.1) is 13.1 Å². The van der Waals surface area contributed by atoms with Crippen molar-refractivity contribution in [3.8, 4) is 5.75 Å². The molecule has 6 nitrogen and oxygen atoms in total. The van der Waals surface area contributed by atoms with Crippen LogP contribution in [-0.4, -0.2) is 53.6 Å². The van der Waals surface area contributed by atoms with Crippen molar-refractivity contribution in [1.82, 2.24) is 0 Å². The molecule has 3 aromatic carbocycles. The van der Waals surface area contributed by atoms with E-state index in [-0.39, 0.29) is 35.3 Å². The molecular formula is C29H30FN2O4+. The quantitative estimate of drug-likeness (QED) is 0.272. The SMILES string of the molecule is O=C(C[N+]12CCC(CC1)[C@@H](OC(=O)[C@H](Nc1ccc(F)cc1)c1ccccc1)C2)c1ccc(O)cc1. The molecule has 36 heavy (non-hydrogen) atoms. The number of quaternary nitrogens is 1. The summed E-state index contributed by atoms with van der Waals surface area (Å²) in [5, 5.41) is 12.7. The van der Waals surface area contributed by atoms with Gasteiger partial charge in [0.25, 0.3) is 0 Å². The van der Waals surface area contributed by atoms with Gasteiger partial charge in [-0.2, -0.15) is 0 Å². The first kappa shape index (κ1) is 24.0. The van der Waals surface area contributed by atoms with Gasteiger partial charge in [-0.25, -0.2) is 9.18 Å². The summed E-state index contributed by atoms with van der Waals surface area (Å²) in [5.74, 6) is -0.290. The fourth-order valence-corrected chi connectivity index (χ4v) is 5.47. The predicted octanol–water partition coefficient (Wildman–Crippen LogP) is 4.72. The molecule has 3 fully saturated rings. The smallest absolute Gasteiger partial charge is 0.333 e. The Labute approximate surface area is 209 Å². The van der Waals surface area contributed by atoms with Gasteiger partial charge in [0.15, 0.2) is 12.1 Å². The molecule has 3 aliphatic rings. The maximum Gasteiger partial charge on any atom is 0.333 e. The van der Waals surface area contributed by atoms with Gasteiger partial charge in [-0.3, -0.25) is 4.79 Å². The third-order valence-electron chi connectivity index (χ3n) is 7.50. The second-order valence-electron chi connectivity index (χ2n) is 9.91. The maximum atomic E-state index is 13.5. The van der Waals surface area contributed by atoms with Crippen LogP contribution in [0.4, 0.5) is 10.1 Å². The first-order chi connectivity index (χ1) is 17.4. The zero-order valence-electron chi connectivity index (χ0n) is 20.0. The molecule has 3 aliphatic heterocycles. The molecule has 3 heterocycles. The topological polar surface area (TPSA) is 75.6 Å². The van der Waals surface area contributed by atoms with Gasteiger partial charge in [0.2, 0.25) is 5.78 Å². The zero-order chi connectivity index (χ0) is 25.1. The van der Waals surface area contributed by atoms with Crippen LogP contribution in [0.3, 0.4) is 0 Å². The fourth-order valence-electron chi connectivity index (χ4n) is 5.47. The standard InChI is InChI=1S/C29H29FN2O4/c30-23-8-10-24(11-9-23)31-28(22-4-2-1-3-5-22)29(35)36-27-19-32(16-14-21(27)15-17-32)18-26(34)20-6-12-25(33)13-7-20/h1-13,21,27-28,31H,14-19H2/p+1/t21?,27-,28+,32?/m0/s1. The summed E-state index contributed by atoms with van der Waals surface area (Å²) in [6.07, 6.45) is 1.54. The summed E-state index contributed by atoms with van der Waals surface area (Å²) in [5.41, 5.74) is 1.97. The van der Waals surface area contributed by atoms with Gasteiger partial charge < -0.3 is 19.6 Å². The average molecular weight is 490 g/mol. The molecule has 3 aromatic rings. The summed E-state index contributed by atoms with van der Waals surface area (Å²) in [6, 6.07) is 20.9. The maximum absolute atomic E-state index is 13.5. The van der Waals surface area contributed by atoms with Crippen LogP contribution in [0.2, 0.25) is 0 Å². The van der Waals surface area contributed by atoms with E-state index >= 15 is 0 Å². The van der Waals surface area contributed by atoms with Crippen LogP contribution >= 0.6 is 0 Å². The summed E-state index contributed by atoms with van der Waals surface area (Å²) in [4.78, 5) is 26.5. The monoisotopic (exact) mass is 489 g/mol. The molecule has 0 radical (unpaired) electrons. The molecule has 0 aromatic heterocycles. The Hall–Kier alpha value is -3.71. The van der Waals surface area contributed by atoms with E-state index in [9.17, 15) is 19.1 Å². The predicted molar refractivity (Wildman–Crippen MR) is 134 cm³/mol. The van der Waals surface area contributed by atoms with Crippen molar-refractivity contribution in [2.45, 2.75) is 25.0 Å². The van der Waals surface area contributed by atoms with Crippen LogP contribution in [0.25, 0.3) is 0 Å². The second kappa shape index (κ2) is 10.1. The Morgan fingerprint density at radius 1 is 0.972 bits per heavy atom. The normalized spacial score (nSPS) is 23.6. The molecule has 0 amide bonds. The Morgan fingerprint density at radius 3 is 2.31 bits per heavy atom. The van der Waals surface area contributed by atoms with E-state index < -0.39 is 6.04 Å². The van der Waals surface area contributed by atoms with Crippen LogP contribution in [0.15, 0.2) is 78.9 Å². The summed E-state index contributed by atoms with van der Waals surface area (Å²) >= 11 is 0. The number of phenolic OH excluding ortho intramolecular Hbond substituents is 1. The van der Waals surface area contributed by atoms with Gasteiger partial charge in [0, 0.05) is 30.0 Å². The number of Topliss-reactive ketones (excluding diaryl/α,β-unsaturated/α-hetero) is 1. The number of piperidine rings is 3. The highest BCUT2D eigenvalue weighted by atomic mass is 19.1. The highest BCUT2D eigenvalue weighted by molar-refractivity contribution is 5.97. The van der Waals surface area contributed by atoms with Crippen LogP contribution in [0, 0.1) is 11.7 Å². The first-order valence-electron chi connectivity index (χ1n) is 12.4. The van der Waals surface area contributed by atoms with Gasteiger partial charge in [-0.05, 0) is 54.1 Å². The van der Waals surface area contributed by atoms with E-state index in [0.717, 1.165) is 31.5 Å². The molecule has 0 spiro atoms. The molecular weight excluding hydrogens is 459 g/mol. The number of ketones is 1. The molecule has 186 valence electrons. The van der Waals surface area contributed by atoms with E-state index in [2.05, 4.69) is 5.32 Å². The van der Waals surface area contributed by atoms with Crippen molar-refractivity contribution in [3.63, 3.8) is 0 Å². The molecule has 7 heteroatoms. The molecule has 2 bridgehead atoms. The van der Waals surface area contributed by atoms with Crippen LogP contribution < -0.4 is 5.32 Å². The Bertz CT molecular complexity index is 1210. The number of hydrogen-bond donors (Lipinski definition) is 2. The number of hydrogen-bond acceptors (Lipinski definition) is 5. The second-order valence-corrected chi connectivity index (χ2v) is 9.91. The number of aromatic hydroxyl groups is 1. The Balaban J connectivity index is 1.31. The summed E-state index contributed by atoms with van der Waals surface area (Å²) in [6.45, 7) is 2.73. The van der Waals surface area contributed by atoms with Crippen LogP contribution in [0.1, 0.15) is 34.8 Å². The van der Waals surface area contributed by atoms with Crippen molar-refractivity contribution >= 4 is 17.4 Å². The Kier molecular flexibility index (Phi) is 6.74. The number of ether oxygens (including phenoxy) is 1. The molecule has 2 N–H and O–H groups in total. The number of halogens is 1. The van der Waals surface area contributed by atoms with Gasteiger partial charge in [-0.1, -0.05) is 30.3 Å². The van der Waals surface area contributed by atoms with E-state index in [1.54, 1.807) is 24.3 Å². The molecule has 0 aliphatic carbocycles. The van der Waals surface area contributed by atoms with Gasteiger partial charge in [-0.15, -0.1) is 0 Å². The third-order valence-corrected chi connectivity index (χ3v) is 7.50. The summed E-state index contributed by atoms with van der Waals surface area (Å²) in [7, 11) is 0. The number of nitrogens with one attached hydrogen (secondary N) is 1. The number of anilines is 1. The molecule has 6 rings (SSSR count). The molecule has 0 saturated carbocycles. The average Bonchev–Trinajstić information content (AvgIpc) is 2.89. The lowest BCUT2D eigenvalue weighted by Gasteiger charge is -2.51. The molecule has 0 unspecified atom stereocenters. The largest absolute Gasteiger partial charge is 0.508 e. The number of carbonyl (C=O) groups excluding carboxylic acids is 2. The molecule has 3 saturated heterocycles. The van der Waals surface area contributed by atoms with Crippen molar-refractivity contribution in [3.05, 3.63) is 95.8 Å². The fraction of sp³-hybridized carbons (Fsp3) is 0.310. The number of fused-ring (bicyclic) bond motifs is 3. The minimum absolute atomic E-state index is 0.0283. The van der Waals surface area contributed by atoms with E-state index in [0.29, 0.717) is 28.8 Å². The highest BCUT2D eigenvalue weighted by Crippen LogP contribution is 2.37.